The second-order valence-corrected chi connectivity index (χ2v) is 4.63. The molecule has 2 N–H and O–H groups in total. The molecule has 0 unspecified atom stereocenters. The Hall–Kier alpha value is -2.69. The van der Waals surface area contributed by atoms with E-state index in [1.807, 2.05) is 43.4 Å². The predicted octanol–water partition coefficient (Wildman–Crippen LogP) is 2.24. The molecule has 0 aliphatic carbocycles. The van der Waals surface area contributed by atoms with Crippen LogP contribution >= 0.6 is 0 Å². The summed E-state index contributed by atoms with van der Waals surface area (Å²) in [6, 6.07) is 11.9. The van der Waals surface area contributed by atoms with Gasteiger partial charge in [0, 0.05) is 31.4 Å². The van der Waals surface area contributed by atoms with Crippen molar-refractivity contribution in [3.8, 4) is 0 Å². The van der Waals surface area contributed by atoms with E-state index in [2.05, 4.69) is 19.9 Å². The summed E-state index contributed by atoms with van der Waals surface area (Å²) in [6.45, 7) is 0.739. The van der Waals surface area contributed by atoms with E-state index in [4.69, 9.17) is 5.73 Å². The molecule has 3 aromatic rings. The molecule has 2 aromatic heterocycles. The molecule has 0 atom stereocenters. The maximum absolute atomic E-state index is 5.80. The van der Waals surface area contributed by atoms with Crippen LogP contribution in [0.25, 0.3) is 10.9 Å². The number of rotatable bonds is 3. The highest BCUT2D eigenvalue weighted by Crippen LogP contribution is 2.24. The first-order valence-corrected chi connectivity index (χ1v) is 6.36. The molecule has 100 valence electrons. The first-order valence-electron chi connectivity index (χ1n) is 6.36. The molecular weight excluding hydrogens is 250 g/mol. The van der Waals surface area contributed by atoms with Crippen LogP contribution in [0.3, 0.4) is 0 Å². The number of anilines is 2. The highest BCUT2D eigenvalue weighted by molar-refractivity contribution is 5.90. The van der Waals surface area contributed by atoms with Crippen molar-refractivity contribution < 1.29 is 0 Å². The van der Waals surface area contributed by atoms with Gasteiger partial charge in [-0.05, 0) is 29.8 Å². The molecule has 0 saturated carbocycles. The first-order chi connectivity index (χ1) is 9.74. The molecule has 3 rings (SSSR count). The molecule has 0 amide bonds. The van der Waals surface area contributed by atoms with Gasteiger partial charge in [0.05, 0.1) is 5.52 Å². The van der Waals surface area contributed by atoms with Crippen molar-refractivity contribution in [1.29, 1.82) is 0 Å². The van der Waals surface area contributed by atoms with E-state index in [1.165, 1.54) is 5.56 Å². The number of nitrogens with zero attached hydrogens (tertiary/aromatic N) is 4. The smallest absolute Gasteiger partial charge is 0.222 e. The Kier molecular flexibility index (Phi) is 3.16. The van der Waals surface area contributed by atoms with Gasteiger partial charge in [0.1, 0.15) is 5.82 Å². The Morgan fingerprint density at radius 3 is 2.60 bits per heavy atom. The zero-order valence-corrected chi connectivity index (χ0v) is 11.2. The van der Waals surface area contributed by atoms with Crippen LogP contribution in [-0.2, 0) is 6.54 Å². The topological polar surface area (TPSA) is 67.9 Å². The third kappa shape index (κ3) is 2.38. The number of pyridine rings is 1. The van der Waals surface area contributed by atoms with E-state index in [-0.39, 0.29) is 0 Å². The lowest BCUT2D eigenvalue weighted by molar-refractivity contribution is 0.899. The van der Waals surface area contributed by atoms with Crippen molar-refractivity contribution in [2.24, 2.45) is 0 Å². The molecule has 0 aliphatic rings. The largest absolute Gasteiger partial charge is 0.368 e. The van der Waals surface area contributed by atoms with Crippen LogP contribution in [0.1, 0.15) is 5.56 Å². The minimum atomic E-state index is 0.292. The van der Waals surface area contributed by atoms with Gasteiger partial charge >= 0.3 is 0 Å². The third-order valence-electron chi connectivity index (χ3n) is 3.13. The SMILES string of the molecule is CN(Cc1ccncc1)c1nc(N)nc2ccccc12. The van der Waals surface area contributed by atoms with E-state index in [1.54, 1.807) is 12.4 Å². The van der Waals surface area contributed by atoms with Crippen LogP contribution in [0.15, 0.2) is 48.8 Å². The Morgan fingerprint density at radius 2 is 1.80 bits per heavy atom. The van der Waals surface area contributed by atoms with Crippen LogP contribution in [0.5, 0.6) is 0 Å². The molecule has 0 saturated heterocycles. The predicted molar refractivity (Wildman–Crippen MR) is 80.3 cm³/mol. The summed E-state index contributed by atoms with van der Waals surface area (Å²) in [5.41, 5.74) is 7.83. The molecule has 0 spiro atoms. The molecule has 5 nitrogen and oxygen atoms in total. The maximum Gasteiger partial charge on any atom is 0.222 e. The van der Waals surface area contributed by atoms with Crippen molar-refractivity contribution in [1.82, 2.24) is 15.0 Å². The lowest BCUT2D eigenvalue weighted by Gasteiger charge is -2.20. The fraction of sp³-hybridized carbons (Fsp3) is 0.133. The molecule has 20 heavy (non-hydrogen) atoms. The van der Waals surface area contributed by atoms with E-state index < -0.39 is 0 Å². The maximum atomic E-state index is 5.80. The van der Waals surface area contributed by atoms with E-state index in [0.29, 0.717) is 5.95 Å². The summed E-state index contributed by atoms with van der Waals surface area (Å²) < 4.78 is 0. The zero-order chi connectivity index (χ0) is 13.9. The van der Waals surface area contributed by atoms with Gasteiger partial charge in [-0.1, -0.05) is 12.1 Å². The average Bonchev–Trinajstić information content (AvgIpc) is 2.47. The number of nitrogens with two attached hydrogens (primary N) is 1. The monoisotopic (exact) mass is 265 g/mol. The quantitative estimate of drug-likeness (QED) is 0.786. The summed E-state index contributed by atoms with van der Waals surface area (Å²) in [7, 11) is 1.99. The molecule has 0 aliphatic heterocycles. The minimum absolute atomic E-state index is 0.292. The fourth-order valence-electron chi connectivity index (χ4n) is 2.21. The van der Waals surface area contributed by atoms with Gasteiger partial charge in [0.2, 0.25) is 5.95 Å². The molecule has 0 fully saturated rings. The fourth-order valence-corrected chi connectivity index (χ4v) is 2.21. The van der Waals surface area contributed by atoms with E-state index in [0.717, 1.165) is 23.3 Å². The van der Waals surface area contributed by atoms with Crippen molar-refractivity contribution in [2.75, 3.05) is 17.7 Å². The molecular formula is C15H15N5. The number of para-hydroxylation sites is 1. The van der Waals surface area contributed by atoms with Crippen LogP contribution < -0.4 is 10.6 Å². The van der Waals surface area contributed by atoms with Crippen LogP contribution in [0.4, 0.5) is 11.8 Å². The Balaban J connectivity index is 2.01. The number of benzene rings is 1. The minimum Gasteiger partial charge on any atom is -0.368 e. The summed E-state index contributed by atoms with van der Waals surface area (Å²) in [4.78, 5) is 14.7. The first kappa shape index (κ1) is 12.3. The van der Waals surface area contributed by atoms with Crippen molar-refractivity contribution >= 4 is 22.7 Å². The lowest BCUT2D eigenvalue weighted by atomic mass is 10.2. The molecule has 0 radical (unpaired) electrons. The van der Waals surface area contributed by atoms with Gasteiger partial charge in [-0.2, -0.15) is 4.98 Å². The molecule has 0 bridgehead atoms. The Labute approximate surface area is 117 Å². The number of hydrogen-bond acceptors (Lipinski definition) is 5. The van der Waals surface area contributed by atoms with Crippen molar-refractivity contribution in [3.05, 3.63) is 54.4 Å². The zero-order valence-electron chi connectivity index (χ0n) is 11.2. The molecule has 2 heterocycles. The van der Waals surface area contributed by atoms with E-state index in [9.17, 15) is 0 Å². The summed E-state index contributed by atoms with van der Waals surface area (Å²) >= 11 is 0. The highest BCUT2D eigenvalue weighted by Gasteiger charge is 2.10. The lowest BCUT2D eigenvalue weighted by Crippen LogP contribution is -2.19. The van der Waals surface area contributed by atoms with Gasteiger partial charge < -0.3 is 10.6 Å². The van der Waals surface area contributed by atoms with Crippen LogP contribution in [0.2, 0.25) is 0 Å². The van der Waals surface area contributed by atoms with Crippen LogP contribution in [-0.4, -0.2) is 22.0 Å². The van der Waals surface area contributed by atoms with Gasteiger partial charge in [-0.15, -0.1) is 0 Å². The normalized spacial score (nSPS) is 10.7. The Morgan fingerprint density at radius 1 is 1.05 bits per heavy atom. The average molecular weight is 265 g/mol. The Bertz CT molecular complexity index is 727. The third-order valence-corrected chi connectivity index (χ3v) is 3.13. The summed E-state index contributed by atoms with van der Waals surface area (Å²) in [6.07, 6.45) is 3.57. The van der Waals surface area contributed by atoms with Crippen molar-refractivity contribution in [2.45, 2.75) is 6.54 Å². The van der Waals surface area contributed by atoms with Gasteiger partial charge in [-0.3, -0.25) is 4.98 Å². The highest BCUT2D eigenvalue weighted by atomic mass is 15.2. The second-order valence-electron chi connectivity index (χ2n) is 4.63. The van der Waals surface area contributed by atoms with Gasteiger partial charge in [0.15, 0.2) is 0 Å². The van der Waals surface area contributed by atoms with Gasteiger partial charge in [-0.25, -0.2) is 4.98 Å². The number of hydrogen-bond donors (Lipinski definition) is 1. The van der Waals surface area contributed by atoms with Crippen LogP contribution in [0, 0.1) is 0 Å². The number of fused-ring (bicyclic) bond motifs is 1. The molecule has 1 aromatic carbocycles. The molecule has 5 heteroatoms. The van der Waals surface area contributed by atoms with Gasteiger partial charge in [0.25, 0.3) is 0 Å². The van der Waals surface area contributed by atoms with Crippen molar-refractivity contribution in [3.63, 3.8) is 0 Å². The summed E-state index contributed by atoms with van der Waals surface area (Å²) in [5.74, 6) is 1.13. The van der Waals surface area contributed by atoms with E-state index >= 15 is 0 Å². The number of aromatic nitrogens is 3. The standard InChI is InChI=1S/C15H15N5/c1-20(10-11-6-8-17-9-7-11)14-12-4-2-3-5-13(12)18-15(16)19-14/h2-9H,10H2,1H3,(H2,16,18,19). The summed E-state index contributed by atoms with van der Waals surface area (Å²) in [5, 5.41) is 0.998. The second kappa shape index (κ2) is 5.13. The number of nitrogen functional groups attached to an aromatic ring is 1.